The normalized spacial score (nSPS) is 15.4. The number of non-ortho nitro benzene ring substituents is 1. The number of likely N-dealkylation sites (N-methyl/N-ethyl adjacent to an activating group) is 1. The lowest BCUT2D eigenvalue weighted by Gasteiger charge is -2.42. The molecule has 0 saturated carbocycles. The number of amides is 1. The fourth-order valence-corrected chi connectivity index (χ4v) is 5.61. The zero-order valence-electron chi connectivity index (χ0n) is 22.9. The van der Waals surface area contributed by atoms with Gasteiger partial charge in [0.05, 0.1) is 29.9 Å². The summed E-state index contributed by atoms with van der Waals surface area (Å²) in [5.74, 6) is -2.50. The number of carbonyl (C=O) groups excluding carboxylic acids is 1. The third-order valence-corrected chi connectivity index (χ3v) is 12.2. The number of hydrogen-bond acceptors (Lipinski definition) is 7. The van der Waals surface area contributed by atoms with Crippen LogP contribution in [0.1, 0.15) is 53.9 Å². The first-order chi connectivity index (χ1) is 16.9. The van der Waals surface area contributed by atoms with Crippen molar-refractivity contribution in [1.29, 1.82) is 0 Å². The fourth-order valence-electron chi connectivity index (χ4n) is 3.58. The van der Waals surface area contributed by atoms with Crippen LogP contribution in [-0.4, -0.2) is 69.6 Å². The summed E-state index contributed by atoms with van der Waals surface area (Å²) in [6.45, 7) is 13.8. The van der Waals surface area contributed by atoms with Gasteiger partial charge in [0.15, 0.2) is 8.32 Å². The predicted octanol–water partition coefficient (Wildman–Crippen LogP) is 4.32. The minimum Gasteiger partial charge on any atom is -0.755 e. The molecule has 0 aromatic heterocycles. The van der Waals surface area contributed by atoms with Gasteiger partial charge in [-0.25, -0.2) is 0 Å². The monoisotopic (exact) mass is 558 g/mol. The van der Waals surface area contributed by atoms with Crippen LogP contribution in [0.3, 0.4) is 0 Å². The first kappa shape index (κ1) is 32.7. The molecule has 0 aliphatic carbocycles. The minimum absolute atomic E-state index is 0.127. The molecule has 1 unspecified atom stereocenters. The lowest BCUT2D eigenvalue weighted by atomic mass is 9.93. The molecule has 13 heteroatoms. The zero-order valence-corrected chi connectivity index (χ0v) is 24.7. The number of rotatable bonds is 14. The van der Waals surface area contributed by atoms with Crippen molar-refractivity contribution in [3.63, 3.8) is 0 Å². The minimum atomic E-state index is -2.71. The van der Waals surface area contributed by atoms with Gasteiger partial charge < -0.3 is 23.3 Å². The molecule has 37 heavy (non-hydrogen) atoms. The van der Waals surface area contributed by atoms with Gasteiger partial charge >= 0.3 is 5.97 Å². The summed E-state index contributed by atoms with van der Waals surface area (Å²) in [6, 6.07) is 4.41. The Labute approximate surface area is 222 Å². The molecule has 0 bridgehead atoms. The summed E-state index contributed by atoms with van der Waals surface area (Å²) in [5, 5.41) is 20.4. The Hall–Kier alpha value is -2.35. The molecule has 4 atom stereocenters. The molecule has 1 rings (SSSR count). The molecule has 0 aliphatic rings. The zero-order chi connectivity index (χ0) is 28.7. The molecule has 1 N–H and O–H groups in total. The van der Waals surface area contributed by atoms with Crippen LogP contribution in [0, 0.1) is 16.0 Å². The van der Waals surface area contributed by atoms with Crippen molar-refractivity contribution in [2.45, 2.75) is 84.2 Å². The number of nitrogens with zero attached hydrogens (tertiary/aromatic N) is 3. The number of hydrogen-bond donors (Lipinski definition) is 1. The average Bonchev–Trinajstić information content (AvgIpc) is 2.78. The SMILES string of the molecule is CCC[C@@H](O[Si](C)(C)C(C)(C)C)[C@H](CC(=O)O)C(=O)N(C)[C@@H](C)CN(c1ccc([N+](=O)[O-])cc1)S(=O)[O-]. The van der Waals surface area contributed by atoms with Crippen LogP contribution < -0.4 is 4.31 Å². The molecule has 210 valence electrons. The van der Waals surface area contributed by atoms with E-state index in [1.165, 1.54) is 36.2 Å². The van der Waals surface area contributed by atoms with E-state index in [9.17, 15) is 33.6 Å². The van der Waals surface area contributed by atoms with Crippen LogP contribution in [0.25, 0.3) is 0 Å². The Bertz CT molecular complexity index is 968. The maximum absolute atomic E-state index is 13.6. The van der Waals surface area contributed by atoms with E-state index in [4.69, 9.17) is 4.43 Å². The van der Waals surface area contributed by atoms with Gasteiger partial charge in [-0.2, -0.15) is 0 Å². The van der Waals surface area contributed by atoms with E-state index in [-0.39, 0.29) is 23.0 Å². The number of nitro benzene ring substituents is 1. The Morgan fingerprint density at radius 3 is 2.16 bits per heavy atom. The molecule has 1 aromatic rings. The van der Waals surface area contributed by atoms with Crippen molar-refractivity contribution in [3.8, 4) is 0 Å². The molecule has 0 radical (unpaired) electrons. The van der Waals surface area contributed by atoms with E-state index in [2.05, 4.69) is 33.9 Å². The van der Waals surface area contributed by atoms with E-state index >= 15 is 0 Å². The van der Waals surface area contributed by atoms with E-state index in [1.807, 2.05) is 6.92 Å². The molecule has 0 heterocycles. The van der Waals surface area contributed by atoms with E-state index in [0.29, 0.717) is 12.8 Å². The Morgan fingerprint density at radius 2 is 1.76 bits per heavy atom. The highest BCUT2D eigenvalue weighted by atomic mass is 32.2. The van der Waals surface area contributed by atoms with Gasteiger partial charge in [0.1, 0.15) is 0 Å². The first-order valence-electron chi connectivity index (χ1n) is 12.2. The third kappa shape index (κ3) is 9.16. The van der Waals surface area contributed by atoms with Gasteiger partial charge in [0.2, 0.25) is 5.91 Å². The number of nitro groups is 1. The Balaban J connectivity index is 3.22. The largest absolute Gasteiger partial charge is 0.755 e. The third-order valence-electron chi connectivity index (χ3n) is 6.95. The maximum atomic E-state index is 13.6. The lowest BCUT2D eigenvalue weighted by molar-refractivity contribution is -0.384. The van der Waals surface area contributed by atoms with Crippen LogP contribution in [0.5, 0.6) is 0 Å². The second-order valence-corrected chi connectivity index (χ2v) is 16.4. The van der Waals surface area contributed by atoms with Crippen molar-refractivity contribution in [2.24, 2.45) is 5.92 Å². The number of carboxylic acids is 1. The van der Waals surface area contributed by atoms with Gasteiger partial charge in [-0.3, -0.25) is 23.9 Å². The highest BCUT2D eigenvalue weighted by Gasteiger charge is 2.43. The van der Waals surface area contributed by atoms with E-state index in [1.54, 1.807) is 6.92 Å². The summed E-state index contributed by atoms with van der Waals surface area (Å²) in [5.41, 5.74) is 0.0276. The number of anilines is 1. The maximum Gasteiger partial charge on any atom is 0.304 e. The summed E-state index contributed by atoms with van der Waals surface area (Å²) >= 11 is -2.71. The second-order valence-electron chi connectivity index (χ2n) is 10.8. The highest BCUT2D eigenvalue weighted by molar-refractivity contribution is 7.80. The lowest BCUT2D eigenvalue weighted by Crippen LogP contribution is -2.52. The quantitative estimate of drug-likeness (QED) is 0.153. The first-order valence-corrected chi connectivity index (χ1v) is 16.1. The van der Waals surface area contributed by atoms with Crippen molar-refractivity contribution in [1.82, 2.24) is 4.90 Å². The molecule has 0 saturated heterocycles. The molecule has 1 amide bonds. The van der Waals surface area contributed by atoms with Crippen LogP contribution >= 0.6 is 0 Å². The number of carbonyl (C=O) groups is 2. The molecular formula is C24H40N3O8SSi-. The van der Waals surface area contributed by atoms with Gasteiger partial charge in [-0.05, 0) is 43.6 Å². The van der Waals surface area contributed by atoms with Gasteiger partial charge in [0.25, 0.3) is 5.69 Å². The van der Waals surface area contributed by atoms with Crippen molar-refractivity contribution in [3.05, 3.63) is 34.4 Å². The fraction of sp³-hybridized carbons (Fsp3) is 0.667. The van der Waals surface area contributed by atoms with Crippen molar-refractivity contribution < 1.29 is 32.8 Å². The number of carboxylic acid groups (broad SMARTS) is 1. The molecule has 0 fully saturated rings. The number of aliphatic carboxylic acids is 1. The number of benzene rings is 1. The molecule has 0 spiro atoms. The van der Waals surface area contributed by atoms with Crippen LogP contribution in [-0.2, 0) is 25.3 Å². The van der Waals surface area contributed by atoms with E-state index in [0.717, 1.165) is 4.31 Å². The summed E-state index contributed by atoms with van der Waals surface area (Å²) in [7, 11) is -0.813. The average molecular weight is 559 g/mol. The van der Waals surface area contributed by atoms with Crippen LogP contribution in [0.2, 0.25) is 18.1 Å². The standard InChI is InChI=1S/C24H41N3O8SSi/c1-9-10-21(35-37(7,8)24(3,4)5)20(15-22(28)29)23(30)25(6)17(2)16-26(36(33)34)18-11-13-19(14-12-18)27(31)32/h11-14,17,20-21H,9-10,15-16H2,1-8H3,(H,28,29)(H,33,34)/p-1/t17-,20-,21+/m0/s1. The Morgan fingerprint density at radius 1 is 1.22 bits per heavy atom. The molecular weight excluding hydrogens is 518 g/mol. The van der Waals surface area contributed by atoms with Crippen LogP contribution in [0.15, 0.2) is 24.3 Å². The predicted molar refractivity (Wildman–Crippen MR) is 144 cm³/mol. The van der Waals surface area contributed by atoms with Gasteiger partial charge in [-0.15, -0.1) is 0 Å². The summed E-state index contributed by atoms with van der Waals surface area (Å²) in [4.78, 5) is 37.1. The smallest absolute Gasteiger partial charge is 0.304 e. The van der Waals surface area contributed by atoms with Crippen molar-refractivity contribution in [2.75, 3.05) is 17.9 Å². The van der Waals surface area contributed by atoms with Crippen LogP contribution in [0.4, 0.5) is 11.4 Å². The van der Waals surface area contributed by atoms with Crippen molar-refractivity contribution >= 4 is 42.8 Å². The highest BCUT2D eigenvalue weighted by Crippen LogP contribution is 2.39. The second kappa shape index (κ2) is 13.4. The van der Waals surface area contributed by atoms with E-state index < -0.39 is 60.9 Å². The molecule has 0 aliphatic heterocycles. The van der Waals surface area contributed by atoms with Gasteiger partial charge in [0, 0.05) is 42.2 Å². The summed E-state index contributed by atoms with van der Waals surface area (Å²) in [6.07, 6.45) is 0.209. The Kier molecular flexibility index (Phi) is 11.9. The molecule has 11 nitrogen and oxygen atoms in total. The topological polar surface area (TPSA) is 153 Å². The summed E-state index contributed by atoms with van der Waals surface area (Å²) < 4.78 is 31.5. The van der Waals surface area contributed by atoms with Gasteiger partial charge in [-0.1, -0.05) is 34.1 Å². The molecule has 1 aromatic carbocycles.